The summed E-state index contributed by atoms with van der Waals surface area (Å²) in [6, 6.07) is 9.21. The third kappa shape index (κ3) is 6.45. The molecule has 6 heteroatoms. The van der Waals surface area contributed by atoms with Gasteiger partial charge in [-0.2, -0.15) is 0 Å². The van der Waals surface area contributed by atoms with Crippen molar-refractivity contribution in [2.75, 3.05) is 13.1 Å². The van der Waals surface area contributed by atoms with Crippen molar-refractivity contribution in [3.05, 3.63) is 35.9 Å². The molecule has 5 nitrogen and oxygen atoms in total. The predicted molar refractivity (Wildman–Crippen MR) is 90.6 cm³/mol. The lowest BCUT2D eigenvalue weighted by molar-refractivity contribution is -0.126. The molecule has 0 aliphatic rings. The van der Waals surface area contributed by atoms with Crippen molar-refractivity contribution in [1.29, 1.82) is 0 Å². The number of hydrogen-bond donors (Lipinski definition) is 3. The fourth-order valence-corrected chi connectivity index (χ4v) is 1.86. The first-order chi connectivity index (χ1) is 9.93. The molecule has 0 heterocycles. The molecule has 1 aromatic carbocycles. The van der Waals surface area contributed by atoms with Gasteiger partial charge in [-0.15, -0.1) is 12.4 Å². The minimum atomic E-state index is -0.337. The van der Waals surface area contributed by atoms with Crippen LogP contribution in [0.1, 0.15) is 32.4 Å². The van der Waals surface area contributed by atoms with E-state index in [1.807, 2.05) is 44.2 Å². The van der Waals surface area contributed by atoms with Crippen molar-refractivity contribution in [3.63, 3.8) is 0 Å². The van der Waals surface area contributed by atoms with Crippen LogP contribution in [-0.4, -0.2) is 24.9 Å². The van der Waals surface area contributed by atoms with Crippen LogP contribution in [0, 0.1) is 11.8 Å². The highest BCUT2D eigenvalue weighted by Gasteiger charge is 2.21. The normalized spacial score (nSPS) is 13.0. The van der Waals surface area contributed by atoms with Gasteiger partial charge in [0.25, 0.3) is 0 Å². The summed E-state index contributed by atoms with van der Waals surface area (Å²) in [4.78, 5) is 23.4. The van der Waals surface area contributed by atoms with E-state index in [0.29, 0.717) is 13.1 Å². The summed E-state index contributed by atoms with van der Waals surface area (Å²) in [5, 5.41) is 5.55. The minimum Gasteiger partial charge on any atom is -0.354 e. The molecule has 0 bridgehead atoms. The second kappa shape index (κ2) is 10.2. The Bertz CT molecular complexity index is 466. The molecule has 124 valence electrons. The molecule has 4 N–H and O–H groups in total. The molecule has 0 aliphatic carbocycles. The Kier molecular flexibility index (Phi) is 9.45. The van der Waals surface area contributed by atoms with Crippen LogP contribution in [0.25, 0.3) is 0 Å². The van der Waals surface area contributed by atoms with E-state index >= 15 is 0 Å². The van der Waals surface area contributed by atoms with Crippen molar-refractivity contribution in [3.8, 4) is 0 Å². The van der Waals surface area contributed by atoms with E-state index < -0.39 is 0 Å². The second-order valence-electron chi connectivity index (χ2n) is 5.46. The Morgan fingerprint density at radius 2 is 1.50 bits per heavy atom. The Balaban J connectivity index is 0.00000441. The van der Waals surface area contributed by atoms with Crippen LogP contribution < -0.4 is 16.4 Å². The first kappa shape index (κ1) is 20.4. The number of amides is 2. The van der Waals surface area contributed by atoms with Crippen LogP contribution >= 0.6 is 12.4 Å². The van der Waals surface area contributed by atoms with Crippen molar-refractivity contribution < 1.29 is 9.59 Å². The zero-order valence-corrected chi connectivity index (χ0v) is 14.2. The van der Waals surface area contributed by atoms with Crippen LogP contribution in [0.3, 0.4) is 0 Å². The number of hydrogen-bond acceptors (Lipinski definition) is 3. The number of carbonyl (C=O) groups excluding carboxylic acids is 2. The lowest BCUT2D eigenvalue weighted by Crippen LogP contribution is -2.40. The van der Waals surface area contributed by atoms with Crippen LogP contribution in [0.5, 0.6) is 0 Å². The average Bonchev–Trinajstić information content (AvgIpc) is 2.50. The van der Waals surface area contributed by atoms with Crippen LogP contribution in [0.4, 0.5) is 0 Å². The zero-order chi connectivity index (χ0) is 15.8. The van der Waals surface area contributed by atoms with Crippen LogP contribution in [0.2, 0.25) is 0 Å². The van der Waals surface area contributed by atoms with Gasteiger partial charge in [0, 0.05) is 25.0 Å². The molecule has 1 rings (SSSR count). The highest BCUT2D eigenvalue weighted by Crippen LogP contribution is 2.18. The van der Waals surface area contributed by atoms with E-state index in [1.54, 1.807) is 6.92 Å². The van der Waals surface area contributed by atoms with Gasteiger partial charge in [-0.3, -0.25) is 9.59 Å². The zero-order valence-electron chi connectivity index (χ0n) is 13.3. The Hall–Kier alpha value is -1.59. The molecule has 0 spiro atoms. The van der Waals surface area contributed by atoms with Gasteiger partial charge in [0.2, 0.25) is 11.8 Å². The molecule has 0 aromatic heterocycles. The molecule has 22 heavy (non-hydrogen) atoms. The summed E-state index contributed by atoms with van der Waals surface area (Å²) < 4.78 is 0. The first-order valence-corrected chi connectivity index (χ1v) is 7.29. The molecular formula is C16H26ClN3O2. The maximum atomic E-state index is 12.0. The van der Waals surface area contributed by atoms with E-state index in [1.165, 1.54) is 0 Å². The molecule has 0 saturated carbocycles. The molecule has 2 atom stereocenters. The van der Waals surface area contributed by atoms with Gasteiger partial charge in [-0.05, 0) is 5.56 Å². The van der Waals surface area contributed by atoms with Gasteiger partial charge in [0.1, 0.15) is 0 Å². The lowest BCUT2D eigenvalue weighted by Gasteiger charge is -2.20. The Morgan fingerprint density at radius 1 is 1.00 bits per heavy atom. The third-order valence-electron chi connectivity index (χ3n) is 3.38. The quantitative estimate of drug-likeness (QED) is 0.665. The largest absolute Gasteiger partial charge is 0.354 e. The van der Waals surface area contributed by atoms with Crippen molar-refractivity contribution in [1.82, 2.24) is 10.6 Å². The summed E-state index contributed by atoms with van der Waals surface area (Å²) >= 11 is 0. The molecular weight excluding hydrogens is 302 g/mol. The smallest absolute Gasteiger partial charge is 0.224 e. The number of rotatable bonds is 7. The monoisotopic (exact) mass is 327 g/mol. The minimum absolute atomic E-state index is 0. The van der Waals surface area contributed by atoms with Crippen LogP contribution in [-0.2, 0) is 9.59 Å². The van der Waals surface area contributed by atoms with Crippen molar-refractivity contribution in [2.24, 2.45) is 17.6 Å². The fraction of sp³-hybridized carbons (Fsp3) is 0.500. The van der Waals surface area contributed by atoms with E-state index in [9.17, 15) is 9.59 Å². The van der Waals surface area contributed by atoms with E-state index in [-0.39, 0.29) is 42.1 Å². The number of nitrogens with one attached hydrogen (secondary N) is 2. The van der Waals surface area contributed by atoms with Gasteiger partial charge < -0.3 is 16.4 Å². The van der Waals surface area contributed by atoms with Gasteiger partial charge in [0.05, 0.1) is 5.92 Å². The number of benzene rings is 1. The van der Waals surface area contributed by atoms with E-state index in [4.69, 9.17) is 5.73 Å². The highest BCUT2D eigenvalue weighted by molar-refractivity contribution is 5.85. The number of carbonyl (C=O) groups is 2. The Morgan fingerprint density at radius 3 is 2.00 bits per heavy atom. The van der Waals surface area contributed by atoms with Gasteiger partial charge in [-0.1, -0.05) is 51.1 Å². The molecule has 2 unspecified atom stereocenters. The highest BCUT2D eigenvalue weighted by atomic mass is 35.5. The van der Waals surface area contributed by atoms with Crippen molar-refractivity contribution >= 4 is 24.2 Å². The van der Waals surface area contributed by atoms with Gasteiger partial charge in [0.15, 0.2) is 0 Å². The van der Waals surface area contributed by atoms with E-state index in [2.05, 4.69) is 10.6 Å². The number of halogens is 1. The molecule has 1 aromatic rings. The average molecular weight is 328 g/mol. The Labute approximate surface area is 138 Å². The van der Waals surface area contributed by atoms with Gasteiger partial charge in [-0.25, -0.2) is 0 Å². The first-order valence-electron chi connectivity index (χ1n) is 7.29. The summed E-state index contributed by atoms with van der Waals surface area (Å²) in [5.41, 5.74) is 7.04. The molecule has 2 amide bonds. The van der Waals surface area contributed by atoms with Gasteiger partial charge >= 0.3 is 0 Å². The predicted octanol–water partition coefficient (Wildman–Crippen LogP) is 1.63. The third-order valence-corrected chi connectivity index (χ3v) is 3.38. The lowest BCUT2D eigenvalue weighted by atomic mass is 9.95. The standard InChI is InChI=1S/C16H25N3O2.ClH/c1-11(2)15(20)18-9-10-19-16(21)12(3)14(17)13-7-5-4-6-8-13;/h4-8,11-12,14H,9-10,17H2,1-3H3,(H,18,20)(H,19,21);1H. The maximum absolute atomic E-state index is 12.0. The fourth-order valence-electron chi connectivity index (χ4n) is 1.86. The summed E-state index contributed by atoms with van der Waals surface area (Å²) in [6.07, 6.45) is 0. The van der Waals surface area contributed by atoms with Crippen LogP contribution in [0.15, 0.2) is 30.3 Å². The SMILES string of the molecule is CC(C)C(=O)NCCNC(=O)C(C)C(N)c1ccccc1.Cl. The summed E-state index contributed by atoms with van der Waals surface area (Å²) in [6.45, 7) is 6.29. The van der Waals surface area contributed by atoms with E-state index in [0.717, 1.165) is 5.56 Å². The topological polar surface area (TPSA) is 84.2 Å². The number of nitrogens with two attached hydrogens (primary N) is 1. The second-order valence-corrected chi connectivity index (χ2v) is 5.46. The molecule has 0 fully saturated rings. The van der Waals surface area contributed by atoms with Crippen molar-refractivity contribution in [2.45, 2.75) is 26.8 Å². The summed E-state index contributed by atoms with van der Waals surface area (Å²) in [5.74, 6) is -0.497. The molecule has 0 radical (unpaired) electrons. The maximum Gasteiger partial charge on any atom is 0.224 e. The molecule has 0 saturated heterocycles. The molecule has 0 aliphatic heterocycles. The summed E-state index contributed by atoms with van der Waals surface area (Å²) in [7, 11) is 0.